The molecule has 0 aliphatic rings. The number of hydrogen-bond donors (Lipinski definition) is 1. The number of hydrogen-bond acceptors (Lipinski definition) is 6. The van der Waals surface area contributed by atoms with Gasteiger partial charge < -0.3 is 19.7 Å². The smallest absolute Gasteiger partial charge is 0.273 e. The number of amides is 2. The predicted octanol–water partition coefficient (Wildman–Crippen LogP) is 2.47. The summed E-state index contributed by atoms with van der Waals surface area (Å²) in [4.78, 5) is 36.1. The van der Waals surface area contributed by atoms with E-state index in [4.69, 9.17) is 9.47 Å². The Labute approximate surface area is 162 Å². The Morgan fingerprint density at radius 2 is 1.86 bits per heavy atom. The molecule has 0 radical (unpaired) electrons. The van der Waals surface area contributed by atoms with Gasteiger partial charge in [-0.05, 0) is 25.1 Å². The summed E-state index contributed by atoms with van der Waals surface area (Å²) in [6, 6.07) is 12.4. The molecule has 2 rings (SSSR count). The first-order valence-corrected chi connectivity index (χ1v) is 8.52. The normalized spacial score (nSPS) is 10.1. The van der Waals surface area contributed by atoms with Crippen LogP contribution in [0.4, 0.5) is 11.4 Å². The summed E-state index contributed by atoms with van der Waals surface area (Å²) < 4.78 is 10.4. The van der Waals surface area contributed by atoms with Crippen LogP contribution in [0.15, 0.2) is 48.5 Å². The summed E-state index contributed by atoms with van der Waals surface area (Å²) in [5, 5.41) is 13.5. The standard InChI is InChI=1S/C19H21N3O6/c1-3-21(12-18(23)20-14-6-4-8-16(10-14)27-2)19(24)13-28-17-9-5-7-15(11-17)22(25)26/h4-11H,3,12-13H2,1-2H3,(H,20,23). The van der Waals surface area contributed by atoms with Gasteiger partial charge in [-0.3, -0.25) is 19.7 Å². The third kappa shape index (κ3) is 5.97. The van der Waals surface area contributed by atoms with Crippen LogP contribution in [0.1, 0.15) is 6.92 Å². The van der Waals surface area contributed by atoms with Gasteiger partial charge in [0, 0.05) is 24.4 Å². The quantitative estimate of drug-likeness (QED) is 0.523. The molecule has 2 aromatic carbocycles. The highest BCUT2D eigenvalue weighted by Gasteiger charge is 2.17. The average molecular weight is 387 g/mol. The van der Waals surface area contributed by atoms with Crippen LogP contribution in [0.25, 0.3) is 0 Å². The van der Waals surface area contributed by atoms with E-state index in [1.54, 1.807) is 31.2 Å². The van der Waals surface area contributed by atoms with E-state index < -0.39 is 10.8 Å². The fourth-order valence-electron chi connectivity index (χ4n) is 2.37. The molecule has 0 aliphatic carbocycles. The molecule has 0 aliphatic heterocycles. The summed E-state index contributed by atoms with van der Waals surface area (Å²) in [5.41, 5.74) is 0.427. The monoisotopic (exact) mass is 387 g/mol. The molecule has 9 heteroatoms. The minimum atomic E-state index is -0.546. The lowest BCUT2D eigenvalue weighted by molar-refractivity contribution is -0.384. The number of benzene rings is 2. The molecule has 0 unspecified atom stereocenters. The molecule has 0 saturated carbocycles. The van der Waals surface area contributed by atoms with Crippen molar-refractivity contribution in [3.05, 3.63) is 58.6 Å². The van der Waals surface area contributed by atoms with Crippen LogP contribution >= 0.6 is 0 Å². The van der Waals surface area contributed by atoms with Crippen LogP contribution in [0, 0.1) is 10.1 Å². The number of nitro benzene ring substituents is 1. The van der Waals surface area contributed by atoms with Crippen molar-refractivity contribution < 1.29 is 24.0 Å². The number of carbonyl (C=O) groups excluding carboxylic acids is 2. The van der Waals surface area contributed by atoms with Crippen molar-refractivity contribution >= 4 is 23.2 Å². The van der Waals surface area contributed by atoms with Gasteiger partial charge in [0.2, 0.25) is 5.91 Å². The summed E-state index contributed by atoms with van der Waals surface area (Å²) >= 11 is 0. The minimum absolute atomic E-state index is 0.130. The number of ether oxygens (including phenoxy) is 2. The maximum absolute atomic E-state index is 12.3. The molecule has 0 fully saturated rings. The van der Waals surface area contributed by atoms with E-state index in [1.165, 1.54) is 36.3 Å². The van der Waals surface area contributed by atoms with Crippen LogP contribution in [0.3, 0.4) is 0 Å². The van der Waals surface area contributed by atoms with Crippen molar-refractivity contribution in [1.29, 1.82) is 0 Å². The van der Waals surface area contributed by atoms with E-state index in [0.717, 1.165) is 0 Å². The molecule has 9 nitrogen and oxygen atoms in total. The molecule has 148 valence electrons. The largest absolute Gasteiger partial charge is 0.497 e. The van der Waals surface area contributed by atoms with E-state index in [-0.39, 0.29) is 30.5 Å². The fraction of sp³-hybridized carbons (Fsp3) is 0.263. The molecule has 2 aromatic rings. The second kappa shape index (κ2) is 9.91. The van der Waals surface area contributed by atoms with Gasteiger partial charge in [-0.25, -0.2) is 0 Å². The molecule has 0 atom stereocenters. The lowest BCUT2D eigenvalue weighted by Gasteiger charge is -2.20. The molecule has 0 heterocycles. The van der Waals surface area contributed by atoms with Gasteiger partial charge in [-0.2, -0.15) is 0 Å². The van der Waals surface area contributed by atoms with E-state index in [2.05, 4.69) is 5.32 Å². The van der Waals surface area contributed by atoms with Gasteiger partial charge in [-0.1, -0.05) is 12.1 Å². The Bertz CT molecular complexity index is 855. The number of likely N-dealkylation sites (N-methyl/N-ethyl adjacent to an activating group) is 1. The molecule has 0 bridgehead atoms. The number of methoxy groups -OCH3 is 1. The first-order valence-electron chi connectivity index (χ1n) is 8.52. The molecule has 0 saturated heterocycles. The number of rotatable bonds is 9. The maximum atomic E-state index is 12.3. The fourth-order valence-corrected chi connectivity index (χ4v) is 2.37. The third-order valence-corrected chi connectivity index (χ3v) is 3.81. The van der Waals surface area contributed by atoms with Gasteiger partial charge in [0.15, 0.2) is 6.61 Å². The maximum Gasteiger partial charge on any atom is 0.273 e. The van der Waals surface area contributed by atoms with Crippen molar-refractivity contribution in [2.45, 2.75) is 6.92 Å². The molecule has 28 heavy (non-hydrogen) atoms. The number of nitro groups is 1. The van der Waals surface area contributed by atoms with Crippen LogP contribution < -0.4 is 14.8 Å². The summed E-state index contributed by atoms with van der Waals surface area (Å²) in [7, 11) is 1.53. The van der Waals surface area contributed by atoms with Crippen molar-refractivity contribution in [3.63, 3.8) is 0 Å². The predicted molar refractivity (Wildman–Crippen MR) is 102 cm³/mol. The second-order valence-corrected chi connectivity index (χ2v) is 5.73. The molecule has 0 spiro atoms. The Morgan fingerprint density at radius 3 is 2.54 bits per heavy atom. The zero-order valence-electron chi connectivity index (χ0n) is 15.6. The van der Waals surface area contributed by atoms with Crippen LogP contribution in [-0.4, -0.2) is 48.4 Å². The van der Waals surface area contributed by atoms with Crippen molar-refractivity contribution in [3.8, 4) is 11.5 Å². The molecule has 1 N–H and O–H groups in total. The number of anilines is 1. The lowest BCUT2D eigenvalue weighted by Crippen LogP contribution is -2.40. The third-order valence-electron chi connectivity index (χ3n) is 3.81. The van der Waals surface area contributed by atoms with Gasteiger partial charge in [0.1, 0.15) is 11.5 Å². The zero-order valence-corrected chi connectivity index (χ0v) is 15.6. The van der Waals surface area contributed by atoms with Gasteiger partial charge in [0.05, 0.1) is 24.6 Å². The summed E-state index contributed by atoms with van der Waals surface area (Å²) in [6.07, 6.45) is 0. The van der Waals surface area contributed by atoms with Crippen molar-refractivity contribution in [2.24, 2.45) is 0 Å². The number of carbonyl (C=O) groups is 2. The van der Waals surface area contributed by atoms with E-state index in [0.29, 0.717) is 18.0 Å². The number of non-ortho nitro benzene ring substituents is 1. The zero-order chi connectivity index (χ0) is 20.5. The van der Waals surface area contributed by atoms with Crippen LogP contribution in [0.2, 0.25) is 0 Å². The van der Waals surface area contributed by atoms with E-state index in [9.17, 15) is 19.7 Å². The summed E-state index contributed by atoms with van der Waals surface area (Å²) in [5.74, 6) is 0.0413. The number of nitrogens with one attached hydrogen (secondary N) is 1. The Hall–Kier alpha value is -3.62. The Kier molecular flexibility index (Phi) is 7.32. The Morgan fingerprint density at radius 1 is 1.14 bits per heavy atom. The van der Waals surface area contributed by atoms with Crippen molar-refractivity contribution in [1.82, 2.24) is 4.90 Å². The van der Waals surface area contributed by atoms with Gasteiger partial charge >= 0.3 is 0 Å². The van der Waals surface area contributed by atoms with Crippen LogP contribution in [0.5, 0.6) is 11.5 Å². The van der Waals surface area contributed by atoms with Gasteiger partial charge in [0.25, 0.3) is 11.6 Å². The minimum Gasteiger partial charge on any atom is -0.497 e. The average Bonchev–Trinajstić information content (AvgIpc) is 2.70. The highest BCUT2D eigenvalue weighted by molar-refractivity contribution is 5.94. The Balaban J connectivity index is 1.90. The lowest BCUT2D eigenvalue weighted by atomic mass is 10.3. The highest BCUT2D eigenvalue weighted by Crippen LogP contribution is 2.19. The van der Waals surface area contributed by atoms with Gasteiger partial charge in [-0.15, -0.1) is 0 Å². The SMILES string of the molecule is CCN(CC(=O)Nc1cccc(OC)c1)C(=O)COc1cccc([N+](=O)[O-])c1. The first-order chi connectivity index (χ1) is 13.4. The molecule has 2 amide bonds. The first kappa shape index (κ1) is 20.7. The summed E-state index contributed by atoms with van der Waals surface area (Å²) in [6.45, 7) is 1.57. The van der Waals surface area contributed by atoms with Crippen LogP contribution in [-0.2, 0) is 9.59 Å². The van der Waals surface area contributed by atoms with Crippen molar-refractivity contribution in [2.75, 3.05) is 32.1 Å². The molecule has 0 aromatic heterocycles. The van der Waals surface area contributed by atoms with E-state index in [1.807, 2.05) is 0 Å². The van der Waals surface area contributed by atoms with E-state index >= 15 is 0 Å². The number of nitrogens with zero attached hydrogens (tertiary/aromatic N) is 2. The topological polar surface area (TPSA) is 111 Å². The second-order valence-electron chi connectivity index (χ2n) is 5.73. The molecular formula is C19H21N3O6. The highest BCUT2D eigenvalue weighted by atomic mass is 16.6. The molecular weight excluding hydrogens is 366 g/mol.